The van der Waals surface area contributed by atoms with E-state index in [9.17, 15) is 19.2 Å². The molecular weight excluding hydrogens is 390 g/mol. The van der Waals surface area contributed by atoms with Gasteiger partial charge >= 0.3 is 0 Å². The second kappa shape index (κ2) is 9.43. The van der Waals surface area contributed by atoms with Crippen LogP contribution in [0.3, 0.4) is 0 Å². The van der Waals surface area contributed by atoms with Crippen LogP contribution in [0.4, 0.5) is 5.69 Å². The van der Waals surface area contributed by atoms with Crippen molar-refractivity contribution < 1.29 is 19.2 Å². The first-order valence-electron chi connectivity index (χ1n) is 9.94. The quantitative estimate of drug-likeness (QED) is 0.544. The van der Waals surface area contributed by atoms with E-state index in [2.05, 4.69) is 5.32 Å². The Morgan fingerprint density at radius 3 is 2.38 bits per heavy atom. The SMILES string of the molecule is CSc1ccccc1NC(=O)CN(C)C(=O)CCN1C(=O)[C@H]2CCCC[C@@H]2C1=O. The maximum Gasteiger partial charge on any atom is 0.244 e. The van der Waals surface area contributed by atoms with E-state index >= 15 is 0 Å². The van der Waals surface area contributed by atoms with E-state index < -0.39 is 0 Å². The van der Waals surface area contributed by atoms with Gasteiger partial charge in [-0.1, -0.05) is 25.0 Å². The fourth-order valence-electron chi connectivity index (χ4n) is 4.09. The van der Waals surface area contributed by atoms with Crippen molar-refractivity contribution in [3.63, 3.8) is 0 Å². The molecule has 2 aliphatic rings. The zero-order chi connectivity index (χ0) is 21.0. The number of nitrogens with one attached hydrogen (secondary N) is 1. The summed E-state index contributed by atoms with van der Waals surface area (Å²) in [6.07, 6.45) is 5.43. The lowest BCUT2D eigenvalue weighted by atomic mass is 9.81. The van der Waals surface area contributed by atoms with Crippen molar-refractivity contribution in [2.45, 2.75) is 37.0 Å². The summed E-state index contributed by atoms with van der Waals surface area (Å²) in [7, 11) is 1.55. The minimum absolute atomic E-state index is 0.0299. The predicted molar refractivity (Wildman–Crippen MR) is 111 cm³/mol. The van der Waals surface area contributed by atoms with Gasteiger partial charge in [0.15, 0.2) is 0 Å². The number of amides is 4. The molecule has 156 valence electrons. The zero-order valence-electron chi connectivity index (χ0n) is 16.8. The van der Waals surface area contributed by atoms with Crippen LogP contribution in [0.1, 0.15) is 32.1 Å². The third-order valence-corrected chi connectivity index (χ3v) is 6.47. The second-order valence-electron chi connectivity index (χ2n) is 7.57. The number of carbonyl (C=O) groups is 4. The summed E-state index contributed by atoms with van der Waals surface area (Å²) in [5.41, 5.74) is 0.710. The molecule has 1 aliphatic heterocycles. The number of nitrogens with zero attached hydrogens (tertiary/aromatic N) is 2. The Morgan fingerprint density at radius 2 is 1.76 bits per heavy atom. The van der Waals surface area contributed by atoms with Gasteiger partial charge in [0.1, 0.15) is 0 Å². The Bertz CT molecular complexity index is 789. The highest BCUT2D eigenvalue weighted by Crippen LogP contribution is 2.38. The van der Waals surface area contributed by atoms with Crippen LogP contribution in [-0.2, 0) is 19.2 Å². The van der Waals surface area contributed by atoms with E-state index in [1.807, 2.05) is 30.5 Å². The van der Waals surface area contributed by atoms with E-state index in [0.29, 0.717) is 5.69 Å². The lowest BCUT2D eigenvalue weighted by Gasteiger charge is -2.19. The first-order chi connectivity index (χ1) is 13.9. The van der Waals surface area contributed by atoms with Crippen molar-refractivity contribution >= 4 is 41.1 Å². The van der Waals surface area contributed by atoms with Crippen LogP contribution < -0.4 is 5.32 Å². The Kier molecular flexibility index (Phi) is 6.95. The maximum atomic E-state index is 12.5. The molecule has 8 heteroatoms. The summed E-state index contributed by atoms with van der Waals surface area (Å²) >= 11 is 1.53. The highest BCUT2D eigenvalue weighted by molar-refractivity contribution is 7.98. The molecule has 3 rings (SSSR count). The third kappa shape index (κ3) is 4.80. The number of imide groups is 1. The predicted octanol–water partition coefficient (Wildman–Crippen LogP) is 2.37. The van der Waals surface area contributed by atoms with Crippen LogP contribution in [0.2, 0.25) is 0 Å². The number of fused-ring (bicyclic) bond motifs is 1. The van der Waals surface area contributed by atoms with Gasteiger partial charge in [0, 0.05) is 24.9 Å². The van der Waals surface area contributed by atoms with Crippen molar-refractivity contribution in [2.75, 3.05) is 31.7 Å². The van der Waals surface area contributed by atoms with Gasteiger partial charge in [-0.05, 0) is 31.2 Å². The number of likely N-dealkylation sites (tertiary alicyclic amines) is 1. The normalized spacial score (nSPS) is 21.1. The fourth-order valence-corrected chi connectivity index (χ4v) is 4.64. The molecule has 1 aliphatic carbocycles. The standard InChI is InChI=1S/C21H27N3O4S/c1-23(13-18(25)22-16-9-5-6-10-17(16)29-2)19(26)11-12-24-20(27)14-7-3-4-8-15(14)21(24)28/h5-6,9-10,14-15H,3-4,7-8,11-13H2,1-2H3,(H,22,25)/t14-,15-/m0/s1. The van der Waals surface area contributed by atoms with Gasteiger partial charge in [-0.15, -0.1) is 11.8 Å². The maximum absolute atomic E-state index is 12.5. The number of thioether (sulfide) groups is 1. The Balaban J connectivity index is 1.50. The molecule has 0 aromatic heterocycles. The molecule has 0 radical (unpaired) electrons. The van der Waals surface area contributed by atoms with E-state index in [1.165, 1.54) is 21.6 Å². The molecule has 0 bridgehead atoms. The first kappa shape index (κ1) is 21.4. The highest BCUT2D eigenvalue weighted by atomic mass is 32.2. The van der Waals surface area contributed by atoms with Gasteiger partial charge in [-0.25, -0.2) is 0 Å². The smallest absolute Gasteiger partial charge is 0.244 e. The van der Waals surface area contributed by atoms with Crippen LogP contribution in [0, 0.1) is 11.8 Å². The van der Waals surface area contributed by atoms with E-state index in [1.54, 1.807) is 7.05 Å². The zero-order valence-corrected chi connectivity index (χ0v) is 17.7. The van der Waals surface area contributed by atoms with Crippen LogP contribution in [0.15, 0.2) is 29.2 Å². The van der Waals surface area contributed by atoms with Crippen molar-refractivity contribution in [1.82, 2.24) is 9.80 Å². The number of likely N-dealkylation sites (N-methyl/N-ethyl adjacent to an activating group) is 1. The van der Waals surface area contributed by atoms with Crippen molar-refractivity contribution in [3.05, 3.63) is 24.3 Å². The van der Waals surface area contributed by atoms with Crippen molar-refractivity contribution in [1.29, 1.82) is 0 Å². The molecule has 1 aromatic carbocycles. The molecule has 1 heterocycles. The molecule has 0 spiro atoms. The monoisotopic (exact) mass is 417 g/mol. The Labute approximate surface area is 175 Å². The summed E-state index contributed by atoms with van der Waals surface area (Å²) in [5, 5.41) is 2.82. The van der Waals surface area contributed by atoms with E-state index in [-0.39, 0.29) is 55.0 Å². The molecular formula is C21H27N3O4S. The number of benzene rings is 1. The average Bonchev–Trinajstić information content (AvgIpc) is 2.97. The molecule has 4 amide bonds. The van der Waals surface area contributed by atoms with E-state index in [0.717, 1.165) is 30.6 Å². The molecule has 7 nitrogen and oxygen atoms in total. The molecule has 1 saturated carbocycles. The van der Waals surface area contributed by atoms with Crippen molar-refractivity contribution in [3.8, 4) is 0 Å². The van der Waals surface area contributed by atoms with Gasteiger partial charge < -0.3 is 10.2 Å². The lowest BCUT2D eigenvalue weighted by molar-refractivity contribution is -0.141. The highest BCUT2D eigenvalue weighted by Gasteiger charge is 2.47. The summed E-state index contributed by atoms with van der Waals surface area (Å²) in [6, 6.07) is 7.46. The molecule has 1 saturated heterocycles. The molecule has 29 heavy (non-hydrogen) atoms. The topological polar surface area (TPSA) is 86.8 Å². The number of para-hydroxylation sites is 1. The minimum Gasteiger partial charge on any atom is -0.336 e. The summed E-state index contributed by atoms with van der Waals surface area (Å²) in [6.45, 7) is -0.000537. The van der Waals surface area contributed by atoms with Crippen molar-refractivity contribution in [2.24, 2.45) is 11.8 Å². The molecule has 0 unspecified atom stereocenters. The summed E-state index contributed by atoms with van der Waals surface area (Å²) in [5.74, 6) is -1.24. The molecule has 1 N–H and O–H groups in total. The van der Waals surface area contributed by atoms with E-state index in [4.69, 9.17) is 0 Å². The number of anilines is 1. The fraction of sp³-hybridized carbons (Fsp3) is 0.524. The minimum atomic E-state index is -0.290. The Hall–Kier alpha value is -2.35. The number of carbonyl (C=O) groups excluding carboxylic acids is 4. The van der Waals surface area contributed by atoms with Crippen LogP contribution in [0.25, 0.3) is 0 Å². The van der Waals surface area contributed by atoms with Crippen LogP contribution in [-0.4, -0.2) is 59.8 Å². The van der Waals surface area contributed by atoms with Gasteiger partial charge in [0.05, 0.1) is 24.1 Å². The van der Waals surface area contributed by atoms with Gasteiger partial charge in [0.2, 0.25) is 23.6 Å². The third-order valence-electron chi connectivity index (χ3n) is 5.67. The lowest BCUT2D eigenvalue weighted by Crippen LogP contribution is -2.38. The first-order valence-corrected chi connectivity index (χ1v) is 11.2. The molecule has 2 fully saturated rings. The summed E-state index contributed by atoms with van der Waals surface area (Å²) in [4.78, 5) is 53.2. The second-order valence-corrected chi connectivity index (χ2v) is 8.42. The average molecular weight is 418 g/mol. The van der Waals surface area contributed by atoms with Crippen LogP contribution >= 0.6 is 11.8 Å². The summed E-state index contributed by atoms with van der Waals surface area (Å²) < 4.78 is 0. The van der Waals surface area contributed by atoms with Gasteiger partial charge in [0.25, 0.3) is 0 Å². The number of rotatable bonds is 7. The Morgan fingerprint density at radius 1 is 1.14 bits per heavy atom. The molecule has 2 atom stereocenters. The van der Waals surface area contributed by atoms with Gasteiger partial charge in [-0.2, -0.15) is 0 Å². The van der Waals surface area contributed by atoms with Crippen LogP contribution in [0.5, 0.6) is 0 Å². The molecule has 1 aromatic rings. The van der Waals surface area contributed by atoms with Gasteiger partial charge in [-0.3, -0.25) is 24.1 Å². The number of hydrogen-bond donors (Lipinski definition) is 1. The number of hydrogen-bond acceptors (Lipinski definition) is 5. The largest absolute Gasteiger partial charge is 0.336 e.